The van der Waals surface area contributed by atoms with E-state index in [4.69, 9.17) is 0 Å². The summed E-state index contributed by atoms with van der Waals surface area (Å²) < 4.78 is 0. The number of non-ortho nitro benzene ring substituents is 1. The number of fused-ring (bicyclic) bond motifs is 1. The highest BCUT2D eigenvalue weighted by Crippen LogP contribution is 2.33. The molecule has 0 bridgehead atoms. The number of amides is 1. The summed E-state index contributed by atoms with van der Waals surface area (Å²) in [6.07, 6.45) is 0.875. The summed E-state index contributed by atoms with van der Waals surface area (Å²) in [5.41, 5.74) is 3.29. The molecular formula is C18H18N2O3. The molecule has 5 nitrogen and oxygen atoms in total. The Morgan fingerprint density at radius 2 is 2.04 bits per heavy atom. The first-order valence-electron chi connectivity index (χ1n) is 7.67. The lowest BCUT2D eigenvalue weighted by Gasteiger charge is -2.22. The minimum atomic E-state index is -0.412. The fourth-order valence-electron chi connectivity index (χ4n) is 3.10. The molecule has 0 saturated heterocycles. The Kier molecular flexibility index (Phi) is 4.10. The predicted octanol–water partition coefficient (Wildman–Crippen LogP) is 3.63. The molecule has 0 N–H and O–H groups in total. The van der Waals surface area contributed by atoms with Crippen LogP contribution in [0.25, 0.3) is 0 Å². The molecule has 3 rings (SSSR count). The minimum Gasteiger partial charge on any atom is -0.332 e. The second-order valence-corrected chi connectivity index (χ2v) is 5.82. The van der Waals surface area contributed by atoms with E-state index < -0.39 is 4.92 Å². The zero-order chi connectivity index (χ0) is 16.4. The van der Waals surface area contributed by atoms with Crippen LogP contribution in [0.2, 0.25) is 0 Å². The van der Waals surface area contributed by atoms with E-state index in [0.717, 1.165) is 5.56 Å². The van der Waals surface area contributed by atoms with Crippen molar-refractivity contribution in [1.82, 2.24) is 4.90 Å². The Morgan fingerprint density at radius 1 is 1.26 bits per heavy atom. The zero-order valence-corrected chi connectivity index (χ0v) is 12.9. The van der Waals surface area contributed by atoms with Crippen LogP contribution in [0.5, 0.6) is 0 Å². The average molecular weight is 310 g/mol. The third kappa shape index (κ3) is 3.08. The molecule has 0 aromatic heterocycles. The second kappa shape index (κ2) is 6.20. The topological polar surface area (TPSA) is 63.5 Å². The van der Waals surface area contributed by atoms with Gasteiger partial charge in [0.2, 0.25) is 5.91 Å². The number of hydrogen-bond donors (Lipinski definition) is 0. The minimum absolute atomic E-state index is 0.0666. The lowest BCUT2D eigenvalue weighted by atomic mass is 10.1. The van der Waals surface area contributed by atoms with Gasteiger partial charge in [-0.25, -0.2) is 0 Å². The summed E-state index contributed by atoms with van der Waals surface area (Å²) in [5.74, 6) is 0.0835. The predicted molar refractivity (Wildman–Crippen MR) is 86.8 cm³/mol. The molecule has 0 radical (unpaired) electrons. The van der Waals surface area contributed by atoms with Gasteiger partial charge < -0.3 is 4.90 Å². The first kappa shape index (κ1) is 15.2. The van der Waals surface area contributed by atoms with Crippen molar-refractivity contribution in [2.24, 2.45) is 0 Å². The van der Waals surface area contributed by atoms with Gasteiger partial charge in [0, 0.05) is 25.1 Å². The van der Waals surface area contributed by atoms with Crippen LogP contribution in [0.1, 0.15) is 36.1 Å². The summed E-state index contributed by atoms with van der Waals surface area (Å²) in [6.45, 7) is 2.68. The lowest BCUT2D eigenvalue weighted by Crippen LogP contribution is -2.28. The van der Waals surface area contributed by atoms with E-state index in [1.54, 1.807) is 6.07 Å². The van der Waals surface area contributed by atoms with Crippen molar-refractivity contribution in [2.75, 3.05) is 0 Å². The summed E-state index contributed by atoms with van der Waals surface area (Å²) >= 11 is 0. The number of benzene rings is 2. The fraction of sp³-hybridized carbons (Fsp3) is 0.278. The molecule has 0 unspecified atom stereocenters. The third-order valence-electron chi connectivity index (χ3n) is 4.38. The molecule has 0 fully saturated rings. The van der Waals surface area contributed by atoms with E-state index in [9.17, 15) is 14.9 Å². The number of carbonyl (C=O) groups is 1. The molecule has 1 aliphatic rings. The number of nitro benzene ring substituents is 1. The van der Waals surface area contributed by atoms with Gasteiger partial charge in [0.15, 0.2) is 0 Å². The van der Waals surface area contributed by atoms with Crippen molar-refractivity contribution < 1.29 is 9.72 Å². The average Bonchev–Trinajstić information content (AvgIpc) is 2.90. The van der Waals surface area contributed by atoms with Crippen LogP contribution < -0.4 is 0 Å². The summed E-state index contributed by atoms with van der Waals surface area (Å²) in [5, 5.41) is 10.8. The van der Waals surface area contributed by atoms with Crippen molar-refractivity contribution in [3.63, 3.8) is 0 Å². The van der Waals surface area contributed by atoms with Gasteiger partial charge in [0.05, 0.1) is 11.0 Å². The van der Waals surface area contributed by atoms with Crippen molar-refractivity contribution in [3.8, 4) is 0 Å². The van der Waals surface area contributed by atoms with Gasteiger partial charge in [0.1, 0.15) is 0 Å². The van der Waals surface area contributed by atoms with Gasteiger partial charge in [-0.3, -0.25) is 14.9 Å². The van der Waals surface area contributed by atoms with Crippen LogP contribution in [-0.4, -0.2) is 15.7 Å². The second-order valence-electron chi connectivity index (χ2n) is 5.82. The normalized spacial score (nSPS) is 16.2. The van der Waals surface area contributed by atoms with Gasteiger partial charge in [0.25, 0.3) is 5.69 Å². The van der Waals surface area contributed by atoms with Crippen molar-refractivity contribution in [1.29, 1.82) is 0 Å². The van der Waals surface area contributed by atoms with Gasteiger partial charge in [-0.2, -0.15) is 0 Å². The molecule has 1 amide bonds. The van der Waals surface area contributed by atoms with Crippen molar-refractivity contribution in [2.45, 2.75) is 32.4 Å². The smallest absolute Gasteiger partial charge is 0.269 e. The van der Waals surface area contributed by atoms with Crippen LogP contribution in [0.3, 0.4) is 0 Å². The van der Waals surface area contributed by atoms with E-state index in [2.05, 4.69) is 12.1 Å². The Bertz CT molecular complexity index is 757. The molecule has 118 valence electrons. The summed E-state index contributed by atoms with van der Waals surface area (Å²) in [6, 6.07) is 14.7. The molecule has 1 aliphatic heterocycles. The maximum absolute atomic E-state index is 12.5. The summed E-state index contributed by atoms with van der Waals surface area (Å²) in [7, 11) is 0. The first-order chi connectivity index (χ1) is 11.1. The number of aryl methyl sites for hydroxylation is 1. The van der Waals surface area contributed by atoms with Crippen molar-refractivity contribution in [3.05, 3.63) is 75.3 Å². The molecule has 2 aromatic rings. The first-order valence-corrected chi connectivity index (χ1v) is 7.67. The molecule has 23 heavy (non-hydrogen) atoms. The molecule has 0 saturated carbocycles. The van der Waals surface area contributed by atoms with Gasteiger partial charge in [-0.15, -0.1) is 0 Å². The molecule has 0 spiro atoms. The molecule has 1 atom stereocenters. The van der Waals surface area contributed by atoms with Crippen LogP contribution >= 0.6 is 0 Å². The van der Waals surface area contributed by atoms with Crippen LogP contribution in [-0.2, 0) is 17.8 Å². The van der Waals surface area contributed by atoms with E-state index in [1.165, 1.54) is 23.3 Å². The standard InChI is InChI=1S/C18H18N2O3/c1-13-17-8-3-2-6-15(17)12-19(13)18(21)10-9-14-5-4-7-16(11-14)20(22)23/h2-8,11,13H,9-10,12H2,1H3/t13-/m1/s1. The van der Waals surface area contributed by atoms with Crippen LogP contribution in [0.15, 0.2) is 48.5 Å². The van der Waals surface area contributed by atoms with Gasteiger partial charge in [-0.1, -0.05) is 36.4 Å². The number of nitro groups is 1. The maximum atomic E-state index is 12.5. The molecule has 0 aliphatic carbocycles. The Balaban J connectivity index is 1.65. The van der Waals surface area contributed by atoms with Gasteiger partial charge >= 0.3 is 0 Å². The SMILES string of the molecule is C[C@@H]1c2ccccc2CN1C(=O)CCc1cccc([N+](=O)[O-])c1. The highest BCUT2D eigenvalue weighted by molar-refractivity contribution is 5.78. The Morgan fingerprint density at radius 3 is 2.78 bits per heavy atom. The highest BCUT2D eigenvalue weighted by atomic mass is 16.6. The summed E-state index contributed by atoms with van der Waals surface area (Å²) in [4.78, 5) is 24.8. The van der Waals surface area contributed by atoms with E-state index in [-0.39, 0.29) is 17.6 Å². The fourth-order valence-corrected chi connectivity index (χ4v) is 3.10. The van der Waals surface area contributed by atoms with Crippen LogP contribution in [0, 0.1) is 10.1 Å². The number of hydrogen-bond acceptors (Lipinski definition) is 3. The Hall–Kier alpha value is -2.69. The molecule has 5 heteroatoms. The Labute approximate surface area is 134 Å². The molecule has 2 aromatic carbocycles. The van der Waals surface area contributed by atoms with Gasteiger partial charge in [-0.05, 0) is 30.0 Å². The van der Waals surface area contributed by atoms with Crippen molar-refractivity contribution >= 4 is 11.6 Å². The van der Waals surface area contributed by atoms with E-state index in [1.807, 2.05) is 30.0 Å². The number of carbonyl (C=O) groups excluding carboxylic acids is 1. The molecule has 1 heterocycles. The largest absolute Gasteiger partial charge is 0.332 e. The lowest BCUT2D eigenvalue weighted by molar-refractivity contribution is -0.384. The quantitative estimate of drug-likeness (QED) is 0.640. The van der Waals surface area contributed by atoms with E-state index in [0.29, 0.717) is 19.4 Å². The number of rotatable bonds is 4. The maximum Gasteiger partial charge on any atom is 0.269 e. The monoisotopic (exact) mass is 310 g/mol. The zero-order valence-electron chi connectivity index (χ0n) is 12.9. The highest BCUT2D eigenvalue weighted by Gasteiger charge is 2.29. The van der Waals surface area contributed by atoms with E-state index >= 15 is 0 Å². The molecular weight excluding hydrogens is 292 g/mol. The number of nitrogens with zero attached hydrogens (tertiary/aromatic N) is 2. The van der Waals surface area contributed by atoms with Crippen LogP contribution in [0.4, 0.5) is 5.69 Å². The third-order valence-corrected chi connectivity index (χ3v) is 4.38.